The largest absolute Gasteiger partial charge is 0.347 e. The van der Waals surface area contributed by atoms with Crippen LogP contribution in [0.15, 0.2) is 47.4 Å². The minimum atomic E-state index is -3.69. The molecule has 0 saturated heterocycles. The van der Waals surface area contributed by atoms with Crippen LogP contribution in [0.2, 0.25) is 0 Å². The molecule has 0 aliphatic heterocycles. The zero-order valence-electron chi connectivity index (χ0n) is 17.8. The predicted molar refractivity (Wildman–Crippen MR) is 118 cm³/mol. The summed E-state index contributed by atoms with van der Waals surface area (Å²) >= 11 is 0. The maximum Gasteiger partial charge on any atom is 0.243 e. The molecule has 0 saturated carbocycles. The number of nitrogens with one attached hydrogen (secondary N) is 3. The first-order valence-electron chi connectivity index (χ1n) is 9.82. The number of carbonyl (C=O) groups is 2. The highest BCUT2D eigenvalue weighted by atomic mass is 32.2. The molecule has 2 aromatic rings. The molecule has 0 aliphatic carbocycles. The molecular weight excluding hydrogens is 402 g/mol. The number of carbonyl (C=O) groups excluding carboxylic acids is 2. The number of hydrogen-bond acceptors (Lipinski definition) is 4. The van der Waals surface area contributed by atoms with Crippen LogP contribution in [0.1, 0.15) is 42.9 Å². The minimum Gasteiger partial charge on any atom is -0.347 e. The van der Waals surface area contributed by atoms with E-state index in [-0.39, 0.29) is 30.3 Å². The average Bonchev–Trinajstić information content (AvgIpc) is 2.70. The van der Waals surface area contributed by atoms with Gasteiger partial charge in [-0.1, -0.05) is 38.1 Å². The summed E-state index contributed by atoms with van der Waals surface area (Å²) in [6, 6.07) is 12.3. The van der Waals surface area contributed by atoms with Crippen molar-refractivity contribution < 1.29 is 18.0 Å². The van der Waals surface area contributed by atoms with Crippen LogP contribution in [0.4, 0.5) is 5.69 Å². The summed E-state index contributed by atoms with van der Waals surface area (Å²) in [5, 5.41) is 5.25. The Bertz CT molecular complexity index is 1000. The van der Waals surface area contributed by atoms with Crippen LogP contribution in [0, 0.1) is 13.8 Å². The molecule has 3 N–H and O–H groups in total. The number of amides is 2. The molecule has 0 aromatic heterocycles. The van der Waals surface area contributed by atoms with Gasteiger partial charge in [-0.3, -0.25) is 9.59 Å². The van der Waals surface area contributed by atoms with E-state index < -0.39 is 15.9 Å². The summed E-state index contributed by atoms with van der Waals surface area (Å²) in [6.45, 7) is 7.68. The van der Waals surface area contributed by atoms with Gasteiger partial charge in [-0.05, 0) is 54.7 Å². The molecule has 0 atom stereocenters. The lowest BCUT2D eigenvalue weighted by atomic mass is 10.0. The second-order valence-corrected chi connectivity index (χ2v) is 9.21. The maximum atomic E-state index is 12.3. The second kappa shape index (κ2) is 10.4. The summed E-state index contributed by atoms with van der Waals surface area (Å²) in [5.74, 6) is -0.447. The Hall–Kier alpha value is -2.71. The van der Waals surface area contributed by atoms with E-state index in [1.165, 1.54) is 0 Å². The van der Waals surface area contributed by atoms with Crippen molar-refractivity contribution in [3.05, 3.63) is 59.2 Å². The topological polar surface area (TPSA) is 104 Å². The van der Waals surface area contributed by atoms with Crippen LogP contribution in [0.25, 0.3) is 0 Å². The molecule has 162 valence electrons. The molecular formula is C22H29N3O4S. The Kier molecular flexibility index (Phi) is 8.14. The molecule has 2 rings (SSSR count). The van der Waals surface area contributed by atoms with E-state index >= 15 is 0 Å². The predicted octanol–water partition coefficient (Wildman–Crippen LogP) is 2.85. The normalized spacial score (nSPS) is 11.4. The number of hydrogen-bond donors (Lipinski definition) is 3. The third kappa shape index (κ3) is 6.67. The van der Waals surface area contributed by atoms with Crippen molar-refractivity contribution in [1.82, 2.24) is 10.0 Å². The minimum absolute atomic E-state index is 0.0568. The summed E-state index contributed by atoms with van der Waals surface area (Å²) in [6.07, 6.45) is -0.0694. The molecule has 0 fully saturated rings. The Morgan fingerprint density at radius 1 is 0.967 bits per heavy atom. The molecule has 0 radical (unpaired) electrons. The van der Waals surface area contributed by atoms with E-state index in [1.54, 1.807) is 30.3 Å². The zero-order valence-corrected chi connectivity index (χ0v) is 18.6. The van der Waals surface area contributed by atoms with E-state index in [9.17, 15) is 18.0 Å². The van der Waals surface area contributed by atoms with Crippen molar-refractivity contribution in [2.75, 3.05) is 18.4 Å². The average molecular weight is 432 g/mol. The molecule has 0 spiro atoms. The number of aryl methyl sites for hydroxylation is 1. The zero-order chi connectivity index (χ0) is 22.3. The van der Waals surface area contributed by atoms with Gasteiger partial charge >= 0.3 is 0 Å². The maximum absolute atomic E-state index is 12.3. The number of rotatable bonds is 9. The SMILES string of the molecule is Cc1cccc(NC(=O)CNC(=O)CCNS(=O)(=O)c2ccc(C(C)C)cc2)c1C. The summed E-state index contributed by atoms with van der Waals surface area (Å²) in [7, 11) is -3.69. The Morgan fingerprint density at radius 2 is 1.63 bits per heavy atom. The Balaban J connectivity index is 1.77. The van der Waals surface area contributed by atoms with Crippen molar-refractivity contribution in [2.45, 2.75) is 44.9 Å². The smallest absolute Gasteiger partial charge is 0.243 e. The number of anilines is 1. The van der Waals surface area contributed by atoms with Crippen LogP contribution in [0.3, 0.4) is 0 Å². The Labute approximate surface area is 178 Å². The highest BCUT2D eigenvalue weighted by Crippen LogP contribution is 2.18. The van der Waals surface area contributed by atoms with Crippen molar-refractivity contribution in [3.63, 3.8) is 0 Å². The molecule has 0 bridgehead atoms. The van der Waals surface area contributed by atoms with Gasteiger partial charge in [0.15, 0.2) is 0 Å². The Morgan fingerprint density at radius 3 is 2.27 bits per heavy atom. The van der Waals surface area contributed by atoms with Crippen molar-refractivity contribution in [2.24, 2.45) is 0 Å². The first-order chi connectivity index (χ1) is 14.1. The van der Waals surface area contributed by atoms with Gasteiger partial charge in [0.05, 0.1) is 11.4 Å². The first kappa shape index (κ1) is 23.6. The van der Waals surface area contributed by atoms with E-state index in [1.807, 2.05) is 39.8 Å². The molecule has 2 aromatic carbocycles. The molecule has 30 heavy (non-hydrogen) atoms. The lowest BCUT2D eigenvalue weighted by Crippen LogP contribution is -2.35. The van der Waals surface area contributed by atoms with E-state index in [0.717, 1.165) is 16.7 Å². The first-order valence-corrected chi connectivity index (χ1v) is 11.3. The second-order valence-electron chi connectivity index (χ2n) is 7.44. The summed E-state index contributed by atoms with van der Waals surface area (Å²) in [4.78, 5) is 24.1. The van der Waals surface area contributed by atoms with Crippen LogP contribution in [-0.2, 0) is 19.6 Å². The quantitative estimate of drug-likeness (QED) is 0.568. The standard InChI is InChI=1S/C22H29N3O4S/c1-15(2)18-8-10-19(11-9-18)30(28,29)24-13-12-21(26)23-14-22(27)25-20-7-5-6-16(3)17(20)4/h5-11,15,24H,12-14H2,1-4H3,(H,23,26)(H,25,27). The summed E-state index contributed by atoms with van der Waals surface area (Å²) < 4.78 is 27.0. The molecule has 8 heteroatoms. The third-order valence-corrected chi connectivity index (χ3v) is 6.30. The van der Waals surface area contributed by atoms with Crippen molar-refractivity contribution in [3.8, 4) is 0 Å². The number of sulfonamides is 1. The monoisotopic (exact) mass is 431 g/mol. The van der Waals surface area contributed by atoms with Gasteiger partial charge < -0.3 is 10.6 Å². The fraction of sp³-hybridized carbons (Fsp3) is 0.364. The molecule has 0 heterocycles. The lowest BCUT2D eigenvalue weighted by Gasteiger charge is -2.11. The fourth-order valence-corrected chi connectivity index (χ4v) is 3.79. The van der Waals surface area contributed by atoms with Crippen molar-refractivity contribution >= 4 is 27.5 Å². The lowest BCUT2D eigenvalue weighted by molar-refractivity contribution is -0.124. The number of benzene rings is 2. The highest BCUT2D eigenvalue weighted by Gasteiger charge is 2.15. The van der Waals surface area contributed by atoms with Crippen LogP contribution in [-0.4, -0.2) is 33.3 Å². The van der Waals surface area contributed by atoms with Gasteiger partial charge in [0.25, 0.3) is 0 Å². The highest BCUT2D eigenvalue weighted by molar-refractivity contribution is 7.89. The van der Waals surface area contributed by atoms with Gasteiger partial charge in [-0.25, -0.2) is 13.1 Å². The van der Waals surface area contributed by atoms with Gasteiger partial charge in [0.2, 0.25) is 21.8 Å². The van der Waals surface area contributed by atoms with Crippen molar-refractivity contribution in [1.29, 1.82) is 0 Å². The third-order valence-electron chi connectivity index (χ3n) is 4.83. The van der Waals surface area contributed by atoms with E-state index in [2.05, 4.69) is 15.4 Å². The van der Waals surface area contributed by atoms with E-state index in [0.29, 0.717) is 11.6 Å². The van der Waals surface area contributed by atoms with Gasteiger partial charge in [0, 0.05) is 18.7 Å². The van der Waals surface area contributed by atoms with Gasteiger partial charge in [0.1, 0.15) is 0 Å². The molecule has 7 nitrogen and oxygen atoms in total. The van der Waals surface area contributed by atoms with Crippen LogP contribution >= 0.6 is 0 Å². The van der Waals surface area contributed by atoms with E-state index in [4.69, 9.17) is 0 Å². The van der Waals surface area contributed by atoms with Crippen LogP contribution < -0.4 is 15.4 Å². The summed E-state index contributed by atoms with van der Waals surface area (Å²) in [5.41, 5.74) is 3.77. The molecule has 0 aliphatic rings. The van der Waals surface area contributed by atoms with Gasteiger partial charge in [-0.2, -0.15) is 0 Å². The molecule has 0 unspecified atom stereocenters. The fourth-order valence-electron chi connectivity index (χ4n) is 2.76. The van der Waals surface area contributed by atoms with Crippen LogP contribution in [0.5, 0.6) is 0 Å². The molecule has 2 amide bonds. The van der Waals surface area contributed by atoms with Gasteiger partial charge in [-0.15, -0.1) is 0 Å².